The Morgan fingerprint density at radius 3 is 2.32 bits per heavy atom. The maximum atomic E-state index is 12.5. The molecule has 25 heavy (non-hydrogen) atoms. The Bertz CT molecular complexity index is 1020. The Morgan fingerprint density at radius 1 is 0.960 bits per heavy atom. The molecule has 3 aromatic carbocycles. The van der Waals surface area contributed by atoms with E-state index in [4.69, 9.17) is 39.5 Å². The smallest absolute Gasteiger partial charge is 0.350 e. The van der Waals surface area contributed by atoms with Crippen molar-refractivity contribution in [2.24, 2.45) is 0 Å². The Kier molecular flexibility index (Phi) is 4.81. The first-order valence-corrected chi connectivity index (χ1v) is 8.04. The Balaban J connectivity index is 2.09. The van der Waals surface area contributed by atoms with Crippen LogP contribution in [0.1, 0.15) is 10.4 Å². The number of carbonyl (C=O) groups is 1. The van der Waals surface area contributed by atoms with E-state index in [0.29, 0.717) is 15.8 Å². The molecule has 0 saturated carbocycles. The number of nitro benzene ring substituents is 1. The minimum atomic E-state index is -0.919. The maximum Gasteiger partial charge on any atom is 0.350 e. The molecule has 126 valence electrons. The molecule has 0 heterocycles. The van der Waals surface area contributed by atoms with Gasteiger partial charge in [-0.05, 0) is 18.2 Å². The molecule has 8 heteroatoms. The van der Waals surface area contributed by atoms with Gasteiger partial charge in [0, 0.05) is 21.9 Å². The molecule has 0 aliphatic heterocycles. The number of hydrogen-bond acceptors (Lipinski definition) is 4. The van der Waals surface area contributed by atoms with Crippen LogP contribution in [-0.4, -0.2) is 10.9 Å². The maximum absolute atomic E-state index is 12.5. The molecule has 0 radical (unpaired) electrons. The highest BCUT2D eigenvalue weighted by atomic mass is 35.5. The highest BCUT2D eigenvalue weighted by Crippen LogP contribution is 2.38. The molecule has 0 unspecified atom stereocenters. The molecule has 0 aliphatic carbocycles. The van der Waals surface area contributed by atoms with E-state index in [9.17, 15) is 14.9 Å². The van der Waals surface area contributed by atoms with E-state index in [1.807, 2.05) is 0 Å². The summed E-state index contributed by atoms with van der Waals surface area (Å²) in [7, 11) is 0. The van der Waals surface area contributed by atoms with Crippen molar-refractivity contribution >= 4 is 57.2 Å². The summed E-state index contributed by atoms with van der Waals surface area (Å²) in [4.78, 5) is 22.9. The highest BCUT2D eigenvalue weighted by Gasteiger charge is 2.24. The molecule has 0 atom stereocenters. The van der Waals surface area contributed by atoms with Gasteiger partial charge in [-0.3, -0.25) is 10.1 Å². The second-order valence-electron chi connectivity index (χ2n) is 5.02. The number of nitro groups is 1. The van der Waals surface area contributed by atoms with Gasteiger partial charge in [0.2, 0.25) is 0 Å². The van der Waals surface area contributed by atoms with Crippen molar-refractivity contribution in [1.29, 1.82) is 0 Å². The van der Waals surface area contributed by atoms with E-state index in [2.05, 4.69) is 0 Å². The normalized spacial score (nSPS) is 10.7. The fourth-order valence-corrected chi connectivity index (χ4v) is 3.10. The van der Waals surface area contributed by atoms with Crippen molar-refractivity contribution in [3.63, 3.8) is 0 Å². The molecule has 0 aliphatic rings. The summed E-state index contributed by atoms with van der Waals surface area (Å²) in [6.45, 7) is 0. The predicted molar refractivity (Wildman–Crippen MR) is 97.0 cm³/mol. The van der Waals surface area contributed by atoms with Crippen molar-refractivity contribution in [2.45, 2.75) is 0 Å². The van der Waals surface area contributed by atoms with E-state index < -0.39 is 16.6 Å². The quantitative estimate of drug-likeness (QED) is 0.238. The topological polar surface area (TPSA) is 69.4 Å². The molecule has 0 spiro atoms. The summed E-state index contributed by atoms with van der Waals surface area (Å²) < 4.78 is 5.35. The minimum Gasteiger partial charge on any atom is -0.420 e. The lowest BCUT2D eigenvalue weighted by Crippen LogP contribution is -2.11. The minimum absolute atomic E-state index is 0.0796. The standard InChI is InChI=1S/C17H8Cl3NO4/c18-9-5-6-12(15(7-9)21(23)24)17(22)25-16-11-4-2-1-3-10(11)13(19)8-14(16)20/h1-8H. The number of ether oxygens (including phenoxy) is 1. The van der Waals surface area contributed by atoms with Crippen LogP contribution >= 0.6 is 34.8 Å². The number of rotatable bonds is 3. The molecule has 0 bridgehead atoms. The molecule has 0 N–H and O–H groups in total. The molecular formula is C17H8Cl3NO4. The van der Waals surface area contributed by atoms with Crippen molar-refractivity contribution in [3.05, 3.63) is 79.3 Å². The van der Waals surface area contributed by atoms with Gasteiger partial charge in [-0.2, -0.15) is 0 Å². The van der Waals surface area contributed by atoms with E-state index in [1.165, 1.54) is 18.2 Å². The number of carbonyl (C=O) groups excluding carboxylic acids is 1. The van der Waals surface area contributed by atoms with Gasteiger partial charge in [-0.15, -0.1) is 0 Å². The van der Waals surface area contributed by atoms with E-state index in [0.717, 1.165) is 6.07 Å². The van der Waals surface area contributed by atoms with Crippen molar-refractivity contribution in [1.82, 2.24) is 0 Å². The highest BCUT2D eigenvalue weighted by molar-refractivity contribution is 6.40. The van der Waals surface area contributed by atoms with Crippen LogP contribution in [0.15, 0.2) is 48.5 Å². The first-order chi connectivity index (χ1) is 11.9. The van der Waals surface area contributed by atoms with E-state index in [1.54, 1.807) is 24.3 Å². The Hall–Kier alpha value is -2.34. The largest absolute Gasteiger partial charge is 0.420 e. The number of halogens is 3. The number of esters is 1. The van der Waals surface area contributed by atoms with Gasteiger partial charge in [-0.25, -0.2) is 4.79 Å². The lowest BCUT2D eigenvalue weighted by atomic mass is 10.1. The summed E-state index contributed by atoms with van der Waals surface area (Å²) in [6.07, 6.45) is 0. The number of benzene rings is 3. The molecule has 5 nitrogen and oxygen atoms in total. The molecule has 0 aromatic heterocycles. The first-order valence-electron chi connectivity index (χ1n) is 6.91. The van der Waals surface area contributed by atoms with Gasteiger partial charge in [0.15, 0.2) is 5.75 Å². The number of nitrogens with zero attached hydrogens (tertiary/aromatic N) is 1. The second kappa shape index (κ2) is 6.88. The van der Waals surface area contributed by atoms with Crippen molar-refractivity contribution in [3.8, 4) is 5.75 Å². The molecular weight excluding hydrogens is 389 g/mol. The van der Waals surface area contributed by atoms with Gasteiger partial charge in [0.05, 0.1) is 15.0 Å². The van der Waals surface area contributed by atoms with Gasteiger partial charge >= 0.3 is 5.97 Å². The second-order valence-corrected chi connectivity index (χ2v) is 6.27. The van der Waals surface area contributed by atoms with Crippen LogP contribution in [0.3, 0.4) is 0 Å². The zero-order valence-corrected chi connectivity index (χ0v) is 14.6. The summed E-state index contributed by atoms with van der Waals surface area (Å²) in [6, 6.07) is 12.1. The van der Waals surface area contributed by atoms with E-state index in [-0.39, 0.29) is 21.4 Å². The van der Waals surface area contributed by atoms with Gasteiger partial charge in [0.1, 0.15) is 5.56 Å². The zero-order valence-electron chi connectivity index (χ0n) is 12.3. The van der Waals surface area contributed by atoms with Gasteiger partial charge in [0.25, 0.3) is 5.69 Å². The van der Waals surface area contributed by atoms with Crippen LogP contribution in [0.25, 0.3) is 10.8 Å². The third kappa shape index (κ3) is 3.39. The number of fused-ring (bicyclic) bond motifs is 1. The van der Waals surface area contributed by atoms with Crippen molar-refractivity contribution in [2.75, 3.05) is 0 Å². The molecule has 3 aromatic rings. The SMILES string of the molecule is O=C(Oc1c(Cl)cc(Cl)c2ccccc12)c1ccc(Cl)cc1[N+](=O)[O-]. The first kappa shape index (κ1) is 17.5. The van der Waals surface area contributed by atoms with Crippen LogP contribution in [0.5, 0.6) is 5.75 Å². The molecule has 0 saturated heterocycles. The van der Waals surface area contributed by atoms with Gasteiger partial charge < -0.3 is 4.74 Å². The summed E-state index contributed by atoms with van der Waals surface area (Å²) in [5.74, 6) is -0.839. The molecule has 3 rings (SSSR count). The third-order valence-corrected chi connectivity index (χ3v) is 4.30. The van der Waals surface area contributed by atoms with Gasteiger partial charge in [-0.1, -0.05) is 59.1 Å². The lowest BCUT2D eigenvalue weighted by molar-refractivity contribution is -0.385. The lowest BCUT2D eigenvalue weighted by Gasteiger charge is -2.11. The average molecular weight is 397 g/mol. The third-order valence-electron chi connectivity index (χ3n) is 3.47. The average Bonchev–Trinajstić information content (AvgIpc) is 2.58. The van der Waals surface area contributed by atoms with Crippen LogP contribution in [0.2, 0.25) is 15.1 Å². The van der Waals surface area contributed by atoms with Crippen LogP contribution < -0.4 is 4.74 Å². The van der Waals surface area contributed by atoms with Crippen LogP contribution in [-0.2, 0) is 0 Å². The zero-order chi connectivity index (χ0) is 18.1. The van der Waals surface area contributed by atoms with Crippen molar-refractivity contribution < 1.29 is 14.5 Å². The summed E-state index contributed by atoms with van der Waals surface area (Å²) in [5.41, 5.74) is -0.684. The Morgan fingerprint density at radius 2 is 1.64 bits per heavy atom. The van der Waals surface area contributed by atoms with Crippen LogP contribution in [0.4, 0.5) is 5.69 Å². The summed E-state index contributed by atoms with van der Waals surface area (Å²) >= 11 is 18.0. The summed E-state index contributed by atoms with van der Waals surface area (Å²) in [5, 5.41) is 13.0. The number of hydrogen-bond donors (Lipinski definition) is 0. The predicted octanol–water partition coefficient (Wildman–Crippen LogP) is 5.93. The fourth-order valence-electron chi connectivity index (χ4n) is 2.35. The molecule has 0 fully saturated rings. The molecule has 0 amide bonds. The fraction of sp³-hybridized carbons (Fsp3) is 0. The monoisotopic (exact) mass is 395 g/mol. The Labute approximate surface area is 156 Å². The van der Waals surface area contributed by atoms with E-state index >= 15 is 0 Å². The van der Waals surface area contributed by atoms with Crippen LogP contribution in [0, 0.1) is 10.1 Å².